The molecule has 0 aliphatic carbocycles. The number of rotatable bonds is 2. The zero-order valence-electron chi connectivity index (χ0n) is 9.15. The molecule has 1 aliphatic heterocycles. The maximum absolute atomic E-state index is 12.0. The third kappa shape index (κ3) is 2.94. The number of hydroxylamine groups is 2. The lowest BCUT2D eigenvalue weighted by atomic mass is 9.97. The van der Waals surface area contributed by atoms with Crippen molar-refractivity contribution in [2.24, 2.45) is 0 Å². The second kappa shape index (κ2) is 4.88. The van der Waals surface area contributed by atoms with Gasteiger partial charge in [0.2, 0.25) is 0 Å². The molecule has 2 heterocycles. The predicted molar refractivity (Wildman–Crippen MR) is 49.9 cm³/mol. The largest absolute Gasteiger partial charge is 0.492 e. The van der Waals surface area contributed by atoms with E-state index in [9.17, 15) is 18.0 Å². The lowest BCUT2D eigenvalue weighted by Crippen LogP contribution is -2.39. The Morgan fingerprint density at radius 2 is 2.06 bits per heavy atom. The molecular weight excluding hydrogens is 255 g/mol. The van der Waals surface area contributed by atoms with Crippen LogP contribution in [0.4, 0.5) is 13.2 Å². The number of aromatic nitrogens is 4. The van der Waals surface area contributed by atoms with E-state index >= 15 is 0 Å². The molecule has 0 radical (unpaired) electrons. The first-order valence-electron chi connectivity index (χ1n) is 5.24. The lowest BCUT2D eigenvalue weighted by Gasteiger charge is -2.28. The van der Waals surface area contributed by atoms with Gasteiger partial charge in [-0.15, -0.1) is 15.3 Å². The molecule has 0 aromatic carbocycles. The van der Waals surface area contributed by atoms with Crippen molar-refractivity contribution in [2.45, 2.75) is 24.9 Å². The Bertz CT molecular complexity index is 399. The number of piperidine rings is 1. The van der Waals surface area contributed by atoms with Crippen LogP contribution in [-0.4, -0.2) is 50.9 Å². The maximum atomic E-state index is 12.0. The molecule has 1 aliphatic rings. The van der Waals surface area contributed by atoms with Crippen LogP contribution in [0.3, 0.4) is 0 Å². The average molecular weight is 265 g/mol. The number of carbonyl (C=O) groups excluding carboxylic acids is 1. The Morgan fingerprint density at radius 1 is 1.39 bits per heavy atom. The highest BCUT2D eigenvalue weighted by atomic mass is 19.4. The van der Waals surface area contributed by atoms with Crippen LogP contribution in [-0.2, 0) is 9.63 Å². The normalized spacial score (nSPS) is 18.8. The van der Waals surface area contributed by atoms with Crippen LogP contribution in [0.2, 0.25) is 0 Å². The van der Waals surface area contributed by atoms with Gasteiger partial charge in [0.05, 0.1) is 0 Å². The number of H-pyrrole nitrogens is 1. The number of tetrazole rings is 1. The first kappa shape index (κ1) is 12.7. The maximum Gasteiger partial charge on any atom is 0.492 e. The van der Waals surface area contributed by atoms with Gasteiger partial charge in [-0.25, -0.2) is 4.79 Å². The van der Waals surface area contributed by atoms with E-state index in [1.807, 2.05) is 0 Å². The van der Waals surface area contributed by atoms with Crippen molar-refractivity contribution >= 4 is 5.97 Å². The van der Waals surface area contributed by atoms with Crippen LogP contribution >= 0.6 is 0 Å². The predicted octanol–water partition coefficient (Wildman–Crippen LogP) is 0.400. The number of halogens is 3. The molecular formula is C8H10F3N5O2. The fourth-order valence-electron chi connectivity index (χ4n) is 1.72. The molecule has 0 spiro atoms. The standard InChI is InChI=1S/C8H10F3N5O2/c9-8(10,11)7(17)18-16-3-1-5(2-4-16)6-12-14-15-13-6/h5H,1-4H2,(H,12,13,14,15). The van der Waals surface area contributed by atoms with Crippen molar-refractivity contribution in [3.63, 3.8) is 0 Å². The molecule has 0 atom stereocenters. The third-order valence-corrected chi connectivity index (χ3v) is 2.62. The van der Waals surface area contributed by atoms with Crippen molar-refractivity contribution in [3.8, 4) is 0 Å². The number of carbonyl (C=O) groups is 1. The quantitative estimate of drug-likeness (QED) is 0.833. The van der Waals surface area contributed by atoms with Crippen LogP contribution in [0, 0.1) is 0 Å². The zero-order valence-corrected chi connectivity index (χ0v) is 9.15. The number of aromatic amines is 1. The molecule has 0 amide bonds. The lowest BCUT2D eigenvalue weighted by molar-refractivity contribution is -0.241. The second-order valence-electron chi connectivity index (χ2n) is 3.85. The van der Waals surface area contributed by atoms with E-state index in [0.29, 0.717) is 18.7 Å². The van der Waals surface area contributed by atoms with Gasteiger partial charge in [0.1, 0.15) is 0 Å². The van der Waals surface area contributed by atoms with E-state index in [1.54, 1.807) is 0 Å². The van der Waals surface area contributed by atoms with Gasteiger partial charge in [0, 0.05) is 19.0 Å². The molecule has 1 N–H and O–H groups in total. The number of nitrogens with zero attached hydrogens (tertiary/aromatic N) is 4. The first-order valence-corrected chi connectivity index (χ1v) is 5.24. The van der Waals surface area contributed by atoms with Crippen molar-refractivity contribution < 1.29 is 22.8 Å². The van der Waals surface area contributed by atoms with Gasteiger partial charge in [-0.2, -0.15) is 18.4 Å². The monoisotopic (exact) mass is 265 g/mol. The summed E-state index contributed by atoms with van der Waals surface area (Å²) >= 11 is 0. The highest BCUT2D eigenvalue weighted by Gasteiger charge is 2.43. The summed E-state index contributed by atoms with van der Waals surface area (Å²) in [4.78, 5) is 14.8. The smallest absolute Gasteiger partial charge is 0.361 e. The van der Waals surface area contributed by atoms with Crippen molar-refractivity contribution in [2.75, 3.05) is 13.1 Å². The minimum Gasteiger partial charge on any atom is -0.361 e. The van der Waals surface area contributed by atoms with Gasteiger partial charge in [-0.3, -0.25) is 0 Å². The van der Waals surface area contributed by atoms with Crippen LogP contribution < -0.4 is 0 Å². The molecule has 10 heteroatoms. The van der Waals surface area contributed by atoms with E-state index < -0.39 is 12.1 Å². The Balaban J connectivity index is 1.82. The van der Waals surface area contributed by atoms with Crippen molar-refractivity contribution in [1.29, 1.82) is 0 Å². The van der Waals surface area contributed by atoms with E-state index in [1.165, 1.54) is 0 Å². The van der Waals surface area contributed by atoms with Gasteiger partial charge in [-0.05, 0) is 12.8 Å². The van der Waals surface area contributed by atoms with Gasteiger partial charge < -0.3 is 4.84 Å². The third-order valence-electron chi connectivity index (χ3n) is 2.62. The highest BCUT2D eigenvalue weighted by Crippen LogP contribution is 2.26. The van der Waals surface area contributed by atoms with Crippen LogP contribution in [0.15, 0.2) is 0 Å². The number of hydrogen-bond acceptors (Lipinski definition) is 6. The fourth-order valence-corrected chi connectivity index (χ4v) is 1.72. The summed E-state index contributed by atoms with van der Waals surface area (Å²) in [6, 6.07) is 0. The Morgan fingerprint density at radius 3 is 2.56 bits per heavy atom. The molecule has 1 fully saturated rings. The topological polar surface area (TPSA) is 84.0 Å². The Hall–Kier alpha value is -1.71. The van der Waals surface area contributed by atoms with E-state index in [0.717, 1.165) is 5.06 Å². The Labute approximate surface area is 99.2 Å². The molecule has 18 heavy (non-hydrogen) atoms. The average Bonchev–Trinajstić information content (AvgIpc) is 2.82. The molecule has 2 rings (SSSR count). The number of nitrogens with one attached hydrogen (secondary N) is 1. The van der Waals surface area contributed by atoms with Gasteiger partial charge in [0.25, 0.3) is 0 Å². The van der Waals surface area contributed by atoms with Crippen LogP contribution in [0.1, 0.15) is 24.6 Å². The summed E-state index contributed by atoms with van der Waals surface area (Å²) in [5.41, 5.74) is 0. The van der Waals surface area contributed by atoms with E-state index in [4.69, 9.17) is 0 Å². The molecule has 1 saturated heterocycles. The summed E-state index contributed by atoms with van der Waals surface area (Å²) in [6.07, 6.45) is -3.96. The minimum atomic E-state index is -4.97. The van der Waals surface area contributed by atoms with Crippen molar-refractivity contribution in [1.82, 2.24) is 25.7 Å². The SMILES string of the molecule is O=C(ON1CCC(c2nn[nH]n2)CC1)C(F)(F)F. The summed E-state index contributed by atoms with van der Waals surface area (Å²) < 4.78 is 35.9. The van der Waals surface area contributed by atoms with E-state index in [2.05, 4.69) is 25.5 Å². The summed E-state index contributed by atoms with van der Waals surface area (Å²) in [7, 11) is 0. The molecule has 0 bridgehead atoms. The summed E-state index contributed by atoms with van der Waals surface area (Å²) in [6.45, 7) is 0.419. The number of hydrogen-bond donors (Lipinski definition) is 1. The highest BCUT2D eigenvalue weighted by molar-refractivity contribution is 5.75. The zero-order chi connectivity index (χ0) is 13.2. The molecule has 1 aromatic heterocycles. The minimum absolute atomic E-state index is 0.0181. The molecule has 1 aromatic rings. The first-order chi connectivity index (χ1) is 8.47. The number of alkyl halides is 3. The van der Waals surface area contributed by atoms with Gasteiger partial charge >= 0.3 is 12.1 Å². The second-order valence-corrected chi connectivity index (χ2v) is 3.85. The molecule has 0 unspecified atom stereocenters. The fraction of sp³-hybridized carbons (Fsp3) is 0.750. The van der Waals surface area contributed by atoms with E-state index in [-0.39, 0.29) is 19.0 Å². The Kier molecular flexibility index (Phi) is 3.45. The summed E-state index contributed by atoms with van der Waals surface area (Å²) in [5.74, 6) is -1.65. The molecule has 0 saturated carbocycles. The summed E-state index contributed by atoms with van der Waals surface area (Å²) in [5, 5.41) is 14.4. The van der Waals surface area contributed by atoms with Gasteiger partial charge in [-0.1, -0.05) is 5.21 Å². The molecule has 7 nitrogen and oxygen atoms in total. The molecule has 100 valence electrons. The van der Waals surface area contributed by atoms with Gasteiger partial charge in [0.15, 0.2) is 5.82 Å². The van der Waals surface area contributed by atoms with Crippen LogP contribution in [0.5, 0.6) is 0 Å². The van der Waals surface area contributed by atoms with Crippen molar-refractivity contribution in [3.05, 3.63) is 5.82 Å². The van der Waals surface area contributed by atoms with Crippen LogP contribution in [0.25, 0.3) is 0 Å².